The summed E-state index contributed by atoms with van der Waals surface area (Å²) in [5.41, 5.74) is 5.10. The molecule has 0 amide bonds. The maximum atomic E-state index is 11.1. The Balaban J connectivity index is 2.60. The fourth-order valence-electron chi connectivity index (χ4n) is 1.29. The average Bonchev–Trinajstić information content (AvgIpc) is 1.97. The summed E-state index contributed by atoms with van der Waals surface area (Å²) in [6, 6.07) is 0. The van der Waals surface area contributed by atoms with Crippen LogP contribution >= 0.6 is 0 Å². The van der Waals surface area contributed by atoms with Gasteiger partial charge < -0.3 is 5.73 Å². The quantitative estimate of drug-likeness (QED) is 0.531. The van der Waals surface area contributed by atoms with Gasteiger partial charge in [0.05, 0.1) is 0 Å². The van der Waals surface area contributed by atoms with Gasteiger partial charge in [0.2, 0.25) is 0 Å². The SMILES string of the molecule is CNS(=O)(=O)NC1(CN)CCC1. The van der Waals surface area contributed by atoms with E-state index in [1.54, 1.807) is 0 Å². The highest BCUT2D eigenvalue weighted by Gasteiger charge is 2.38. The van der Waals surface area contributed by atoms with Crippen LogP contribution in [-0.2, 0) is 10.2 Å². The van der Waals surface area contributed by atoms with Gasteiger partial charge in [-0.15, -0.1) is 0 Å². The molecule has 0 saturated heterocycles. The van der Waals surface area contributed by atoms with Gasteiger partial charge in [-0.3, -0.25) is 0 Å². The fraction of sp³-hybridized carbons (Fsp3) is 1.00. The van der Waals surface area contributed by atoms with E-state index in [9.17, 15) is 8.42 Å². The van der Waals surface area contributed by atoms with Crippen molar-refractivity contribution in [3.05, 3.63) is 0 Å². The second-order valence-corrected chi connectivity index (χ2v) is 4.77. The van der Waals surface area contributed by atoms with Crippen LogP contribution < -0.4 is 15.2 Å². The molecule has 0 heterocycles. The molecule has 6 heteroatoms. The second-order valence-electron chi connectivity index (χ2n) is 3.15. The minimum atomic E-state index is -3.33. The molecule has 5 nitrogen and oxygen atoms in total. The van der Waals surface area contributed by atoms with E-state index < -0.39 is 10.2 Å². The van der Waals surface area contributed by atoms with E-state index >= 15 is 0 Å². The first-order valence-corrected chi connectivity index (χ1v) is 5.44. The van der Waals surface area contributed by atoms with Gasteiger partial charge in [0.25, 0.3) is 10.2 Å². The minimum absolute atomic E-state index is 0.369. The summed E-state index contributed by atoms with van der Waals surface area (Å²) >= 11 is 0. The van der Waals surface area contributed by atoms with Gasteiger partial charge in [-0.2, -0.15) is 13.1 Å². The molecular weight excluding hydrogens is 178 g/mol. The summed E-state index contributed by atoms with van der Waals surface area (Å²) in [6.45, 7) is 0.369. The van der Waals surface area contributed by atoms with E-state index in [-0.39, 0.29) is 5.54 Å². The van der Waals surface area contributed by atoms with Crippen LogP contribution in [-0.4, -0.2) is 27.5 Å². The van der Waals surface area contributed by atoms with Crippen LogP contribution in [0.1, 0.15) is 19.3 Å². The lowest BCUT2D eigenvalue weighted by molar-refractivity contribution is 0.230. The van der Waals surface area contributed by atoms with Crippen LogP contribution in [0, 0.1) is 0 Å². The van der Waals surface area contributed by atoms with Crippen molar-refractivity contribution in [1.82, 2.24) is 9.44 Å². The molecule has 0 atom stereocenters. The van der Waals surface area contributed by atoms with Gasteiger partial charge in [-0.05, 0) is 19.3 Å². The molecule has 0 radical (unpaired) electrons. The van der Waals surface area contributed by atoms with Crippen LogP contribution in [0.15, 0.2) is 0 Å². The Kier molecular flexibility index (Phi) is 2.72. The molecule has 0 unspecified atom stereocenters. The molecular formula is C6H15N3O2S. The van der Waals surface area contributed by atoms with E-state index in [0.717, 1.165) is 19.3 Å². The maximum absolute atomic E-state index is 11.1. The Morgan fingerprint density at radius 3 is 2.33 bits per heavy atom. The molecule has 0 aromatic carbocycles. The summed E-state index contributed by atoms with van der Waals surface area (Å²) < 4.78 is 26.9. The Labute approximate surface area is 72.9 Å². The molecule has 0 aromatic rings. The van der Waals surface area contributed by atoms with Crippen molar-refractivity contribution in [2.75, 3.05) is 13.6 Å². The molecule has 1 fully saturated rings. The number of rotatable bonds is 4. The van der Waals surface area contributed by atoms with Crippen molar-refractivity contribution in [2.45, 2.75) is 24.8 Å². The van der Waals surface area contributed by atoms with Crippen molar-refractivity contribution in [3.8, 4) is 0 Å². The first kappa shape index (κ1) is 9.91. The number of nitrogens with one attached hydrogen (secondary N) is 2. The summed E-state index contributed by atoms with van der Waals surface area (Å²) in [6.07, 6.45) is 2.72. The zero-order chi connectivity index (χ0) is 9.24. The lowest BCUT2D eigenvalue weighted by Gasteiger charge is -2.40. The average molecular weight is 193 g/mol. The molecule has 0 aliphatic heterocycles. The topological polar surface area (TPSA) is 84.2 Å². The van der Waals surface area contributed by atoms with Crippen molar-refractivity contribution in [1.29, 1.82) is 0 Å². The summed E-state index contributed by atoms with van der Waals surface area (Å²) in [5, 5.41) is 0. The molecule has 1 aliphatic carbocycles. The third-order valence-electron chi connectivity index (χ3n) is 2.32. The monoisotopic (exact) mass is 193 g/mol. The van der Waals surface area contributed by atoms with Crippen molar-refractivity contribution in [2.24, 2.45) is 5.73 Å². The van der Waals surface area contributed by atoms with Crippen molar-refractivity contribution < 1.29 is 8.42 Å². The highest BCUT2D eigenvalue weighted by molar-refractivity contribution is 7.87. The third-order valence-corrected chi connectivity index (χ3v) is 3.56. The van der Waals surface area contributed by atoms with Crippen molar-refractivity contribution >= 4 is 10.2 Å². The zero-order valence-corrected chi connectivity index (χ0v) is 7.95. The number of nitrogens with two attached hydrogens (primary N) is 1. The van der Waals surface area contributed by atoms with E-state index in [1.165, 1.54) is 7.05 Å². The van der Waals surface area contributed by atoms with Crippen LogP contribution in [0.5, 0.6) is 0 Å². The molecule has 0 spiro atoms. The van der Waals surface area contributed by atoms with Gasteiger partial charge in [-0.25, -0.2) is 4.72 Å². The largest absolute Gasteiger partial charge is 0.329 e. The summed E-state index contributed by atoms with van der Waals surface area (Å²) in [7, 11) is -1.95. The summed E-state index contributed by atoms with van der Waals surface area (Å²) in [5.74, 6) is 0. The Hall–Kier alpha value is -0.170. The second kappa shape index (κ2) is 3.29. The molecule has 1 saturated carbocycles. The van der Waals surface area contributed by atoms with Gasteiger partial charge in [0.15, 0.2) is 0 Å². The van der Waals surface area contributed by atoms with Gasteiger partial charge in [-0.1, -0.05) is 0 Å². The maximum Gasteiger partial charge on any atom is 0.277 e. The molecule has 1 rings (SSSR count). The van der Waals surface area contributed by atoms with E-state index in [0.29, 0.717) is 6.54 Å². The molecule has 0 aromatic heterocycles. The highest BCUT2D eigenvalue weighted by Crippen LogP contribution is 2.30. The van der Waals surface area contributed by atoms with Crippen LogP contribution in [0.4, 0.5) is 0 Å². The van der Waals surface area contributed by atoms with Crippen molar-refractivity contribution in [3.63, 3.8) is 0 Å². The van der Waals surface area contributed by atoms with E-state index in [1.807, 2.05) is 0 Å². The minimum Gasteiger partial charge on any atom is -0.329 e. The smallest absolute Gasteiger partial charge is 0.277 e. The first-order valence-electron chi connectivity index (χ1n) is 3.96. The first-order chi connectivity index (χ1) is 5.54. The van der Waals surface area contributed by atoms with E-state index in [4.69, 9.17) is 5.73 Å². The van der Waals surface area contributed by atoms with Gasteiger partial charge >= 0.3 is 0 Å². The molecule has 0 bridgehead atoms. The normalized spacial score (nSPS) is 21.8. The highest BCUT2D eigenvalue weighted by atomic mass is 32.2. The van der Waals surface area contributed by atoms with Crippen LogP contribution in [0.25, 0.3) is 0 Å². The molecule has 1 aliphatic rings. The lowest BCUT2D eigenvalue weighted by Crippen LogP contribution is -2.60. The van der Waals surface area contributed by atoms with Gasteiger partial charge in [0, 0.05) is 19.1 Å². The predicted molar refractivity (Wildman–Crippen MR) is 46.8 cm³/mol. The van der Waals surface area contributed by atoms with Crippen LogP contribution in [0.2, 0.25) is 0 Å². The zero-order valence-electron chi connectivity index (χ0n) is 7.13. The predicted octanol–water partition coefficient (Wildman–Crippen LogP) is -1.08. The molecule has 72 valence electrons. The lowest BCUT2D eigenvalue weighted by atomic mass is 9.78. The Bertz CT molecular complexity index is 240. The Morgan fingerprint density at radius 2 is 2.08 bits per heavy atom. The summed E-state index contributed by atoms with van der Waals surface area (Å²) in [4.78, 5) is 0. The standard InChI is InChI=1S/C6H15N3O2S/c1-8-12(10,11)9-6(5-7)3-2-4-6/h8-9H,2-5,7H2,1H3. The van der Waals surface area contributed by atoms with E-state index in [2.05, 4.69) is 9.44 Å². The van der Waals surface area contributed by atoms with Gasteiger partial charge in [0.1, 0.15) is 0 Å². The number of hydrogen-bond acceptors (Lipinski definition) is 3. The third kappa shape index (κ3) is 1.95. The molecule has 4 N–H and O–H groups in total. The number of hydrogen-bond donors (Lipinski definition) is 3. The van der Waals surface area contributed by atoms with Crippen LogP contribution in [0.3, 0.4) is 0 Å². The molecule has 12 heavy (non-hydrogen) atoms. The fourth-order valence-corrected chi connectivity index (χ4v) is 2.25. The Morgan fingerprint density at radius 1 is 1.50 bits per heavy atom.